The lowest BCUT2D eigenvalue weighted by Crippen LogP contribution is -2.10. The van der Waals surface area contributed by atoms with E-state index in [2.05, 4.69) is 15.0 Å². The van der Waals surface area contributed by atoms with Crippen LogP contribution in [0.4, 0.5) is 13.2 Å². The molecule has 2 aromatic rings. The van der Waals surface area contributed by atoms with Gasteiger partial charge in [0.15, 0.2) is 5.69 Å². The molecule has 0 unspecified atom stereocenters. The van der Waals surface area contributed by atoms with Gasteiger partial charge >= 0.3 is 12.1 Å². The van der Waals surface area contributed by atoms with Crippen molar-refractivity contribution in [3.8, 4) is 0 Å². The largest absolute Gasteiger partial charge is 0.417 e. The predicted octanol–water partition coefficient (Wildman–Crippen LogP) is 4.60. The first-order valence-electron chi connectivity index (χ1n) is 6.00. The maximum atomic E-state index is 12.5. The lowest BCUT2D eigenvalue weighted by molar-refractivity contribution is -0.137. The quantitative estimate of drug-likeness (QED) is 0.455. The van der Waals surface area contributed by atoms with Crippen molar-refractivity contribution < 1.29 is 22.8 Å². The van der Waals surface area contributed by atoms with Gasteiger partial charge in [0.25, 0.3) is 0 Å². The topological polar surface area (TPSA) is 51.5 Å². The number of hydrogen-bond donors (Lipinski definition) is 0. The molecule has 0 amide bonds. The van der Waals surface area contributed by atoms with Crippen LogP contribution in [0.15, 0.2) is 41.7 Å². The van der Waals surface area contributed by atoms with Crippen molar-refractivity contribution in [1.29, 1.82) is 0 Å². The predicted molar refractivity (Wildman–Crippen MR) is 78.7 cm³/mol. The average molecular weight is 363 g/mol. The van der Waals surface area contributed by atoms with Gasteiger partial charge in [-0.3, -0.25) is 0 Å². The zero-order chi connectivity index (χ0) is 17.0. The summed E-state index contributed by atoms with van der Waals surface area (Å²) in [5, 5.41) is 3.47. The minimum Gasteiger partial charge on any atom is -0.311 e. The summed E-state index contributed by atoms with van der Waals surface area (Å²) in [6.07, 6.45) is -2.89. The van der Waals surface area contributed by atoms with Crippen molar-refractivity contribution in [2.45, 2.75) is 6.18 Å². The van der Waals surface area contributed by atoms with E-state index < -0.39 is 28.4 Å². The molecule has 0 saturated carbocycles. The Hall–Kier alpha value is -2.12. The Bertz CT molecular complexity index is 747. The molecule has 1 aromatic carbocycles. The molecule has 9 heteroatoms. The number of aromatic nitrogens is 1. The van der Waals surface area contributed by atoms with Crippen molar-refractivity contribution in [2.24, 2.45) is 5.16 Å². The molecular formula is C14H7Cl2F3N2O2. The summed E-state index contributed by atoms with van der Waals surface area (Å²) < 4.78 is 37.4. The fraction of sp³-hybridized carbons (Fsp3) is 0.0714. The number of alkyl halides is 3. The van der Waals surface area contributed by atoms with Crippen LogP contribution in [-0.2, 0) is 11.0 Å². The van der Waals surface area contributed by atoms with Crippen LogP contribution in [0.1, 0.15) is 21.6 Å². The number of hydrogen-bond acceptors (Lipinski definition) is 4. The number of benzene rings is 1. The van der Waals surface area contributed by atoms with Gasteiger partial charge in [-0.2, -0.15) is 13.2 Å². The van der Waals surface area contributed by atoms with E-state index in [1.165, 1.54) is 6.21 Å². The van der Waals surface area contributed by atoms with Crippen molar-refractivity contribution >= 4 is 35.4 Å². The van der Waals surface area contributed by atoms with Gasteiger partial charge in [-0.05, 0) is 23.8 Å². The van der Waals surface area contributed by atoms with Gasteiger partial charge in [-0.1, -0.05) is 40.5 Å². The van der Waals surface area contributed by atoms with E-state index in [4.69, 9.17) is 23.2 Å². The van der Waals surface area contributed by atoms with Gasteiger partial charge in [-0.25, -0.2) is 9.78 Å². The maximum Gasteiger partial charge on any atom is 0.417 e. The third kappa shape index (κ3) is 4.67. The molecule has 0 atom stereocenters. The molecule has 0 spiro atoms. The van der Waals surface area contributed by atoms with Gasteiger partial charge in [0.1, 0.15) is 0 Å². The number of halogens is 5. The van der Waals surface area contributed by atoms with Crippen LogP contribution >= 0.6 is 23.2 Å². The highest BCUT2D eigenvalue weighted by Gasteiger charge is 2.32. The summed E-state index contributed by atoms with van der Waals surface area (Å²) in [6.45, 7) is 0. The highest BCUT2D eigenvalue weighted by molar-refractivity contribution is 6.33. The molecular weight excluding hydrogens is 356 g/mol. The Morgan fingerprint density at radius 1 is 1.22 bits per heavy atom. The molecule has 0 aliphatic heterocycles. The first-order chi connectivity index (χ1) is 10.8. The number of nitrogens with zero attached hydrogens (tertiary/aromatic N) is 2. The van der Waals surface area contributed by atoms with E-state index in [1.807, 2.05) is 0 Å². The van der Waals surface area contributed by atoms with Crippen LogP contribution in [0.25, 0.3) is 0 Å². The van der Waals surface area contributed by atoms with Crippen LogP contribution < -0.4 is 0 Å². The second-order valence-corrected chi connectivity index (χ2v) is 5.06. The number of carbonyl (C=O) groups excluding carboxylic acids is 1. The van der Waals surface area contributed by atoms with Crippen LogP contribution in [0, 0.1) is 0 Å². The van der Waals surface area contributed by atoms with Crippen LogP contribution in [0.5, 0.6) is 0 Å². The Morgan fingerprint density at radius 2 is 1.87 bits per heavy atom. The van der Waals surface area contributed by atoms with Crippen LogP contribution in [0.2, 0.25) is 10.0 Å². The smallest absolute Gasteiger partial charge is 0.311 e. The molecule has 0 aliphatic carbocycles. The summed E-state index contributed by atoms with van der Waals surface area (Å²) in [7, 11) is 0. The van der Waals surface area contributed by atoms with E-state index in [0.717, 1.165) is 0 Å². The summed E-state index contributed by atoms with van der Waals surface area (Å²) >= 11 is 11.3. The lowest BCUT2D eigenvalue weighted by atomic mass is 10.2. The molecule has 0 aliphatic rings. The monoisotopic (exact) mass is 362 g/mol. The zero-order valence-electron chi connectivity index (χ0n) is 11.1. The van der Waals surface area contributed by atoms with Crippen molar-refractivity contribution in [1.82, 2.24) is 4.98 Å². The molecule has 0 saturated heterocycles. The molecule has 2 rings (SSSR count). The van der Waals surface area contributed by atoms with Crippen molar-refractivity contribution in [3.05, 3.63) is 63.4 Å². The van der Waals surface area contributed by atoms with Crippen molar-refractivity contribution in [3.63, 3.8) is 0 Å². The first kappa shape index (κ1) is 17.2. The minimum absolute atomic E-state index is 0.465. The van der Waals surface area contributed by atoms with Crippen LogP contribution in [-0.4, -0.2) is 17.2 Å². The van der Waals surface area contributed by atoms with Gasteiger partial charge in [0, 0.05) is 11.2 Å². The van der Waals surface area contributed by atoms with E-state index in [-0.39, 0.29) is 0 Å². The number of rotatable bonds is 3. The Labute approximate surface area is 138 Å². The normalized spacial score (nSPS) is 11.7. The SMILES string of the molecule is O=C(O/N=C/c1ccc(Cl)cc1)c1ncc(C(F)(F)F)cc1Cl. The molecule has 0 bridgehead atoms. The van der Waals surface area contributed by atoms with E-state index >= 15 is 0 Å². The molecule has 4 nitrogen and oxygen atoms in total. The zero-order valence-corrected chi connectivity index (χ0v) is 12.7. The molecule has 120 valence electrons. The van der Waals surface area contributed by atoms with E-state index in [1.54, 1.807) is 24.3 Å². The fourth-order valence-corrected chi connectivity index (χ4v) is 1.84. The first-order valence-corrected chi connectivity index (χ1v) is 6.76. The van der Waals surface area contributed by atoms with Gasteiger partial charge in [0.2, 0.25) is 0 Å². The summed E-state index contributed by atoms with van der Waals surface area (Å²) in [5.41, 5.74) is -0.926. The lowest BCUT2D eigenvalue weighted by Gasteiger charge is -2.07. The number of oxime groups is 1. The number of carbonyl (C=O) groups is 1. The maximum absolute atomic E-state index is 12.5. The Balaban J connectivity index is 2.07. The molecule has 1 aromatic heterocycles. The van der Waals surface area contributed by atoms with Gasteiger partial charge < -0.3 is 4.84 Å². The summed E-state index contributed by atoms with van der Waals surface area (Å²) in [5.74, 6) is -1.08. The van der Waals surface area contributed by atoms with Gasteiger partial charge in [0.05, 0.1) is 16.8 Å². The molecule has 1 heterocycles. The second kappa shape index (κ2) is 6.97. The summed E-state index contributed by atoms with van der Waals surface area (Å²) in [6, 6.07) is 7.07. The number of pyridine rings is 1. The Kier molecular flexibility index (Phi) is 5.23. The third-order valence-corrected chi connectivity index (χ3v) is 3.11. The molecule has 23 heavy (non-hydrogen) atoms. The van der Waals surface area contributed by atoms with E-state index in [9.17, 15) is 18.0 Å². The van der Waals surface area contributed by atoms with Crippen molar-refractivity contribution in [2.75, 3.05) is 0 Å². The highest BCUT2D eigenvalue weighted by Crippen LogP contribution is 2.31. The summed E-state index contributed by atoms with van der Waals surface area (Å²) in [4.78, 5) is 19.6. The molecule has 0 fully saturated rings. The van der Waals surface area contributed by atoms with E-state index in [0.29, 0.717) is 22.8 Å². The third-order valence-electron chi connectivity index (χ3n) is 2.57. The second-order valence-electron chi connectivity index (χ2n) is 4.22. The van der Waals surface area contributed by atoms with Gasteiger partial charge in [-0.15, -0.1) is 0 Å². The standard InChI is InChI=1S/C14H7Cl2F3N2O2/c15-10-3-1-8(2-4-10)6-21-23-13(22)12-11(16)5-9(7-20-12)14(17,18)19/h1-7H/b21-6+. The Morgan fingerprint density at radius 3 is 2.43 bits per heavy atom. The minimum atomic E-state index is -4.61. The fourth-order valence-electron chi connectivity index (χ4n) is 1.47. The van der Waals surface area contributed by atoms with Crippen LogP contribution in [0.3, 0.4) is 0 Å². The molecule has 0 radical (unpaired) electrons. The average Bonchev–Trinajstić information content (AvgIpc) is 2.48. The molecule has 0 N–H and O–H groups in total. The highest BCUT2D eigenvalue weighted by atomic mass is 35.5.